The fourth-order valence-corrected chi connectivity index (χ4v) is 4.49. The molecule has 40 heavy (non-hydrogen) atoms. The van der Waals surface area contributed by atoms with Crippen molar-refractivity contribution in [3.63, 3.8) is 0 Å². The molecule has 2 N–H and O–H groups in total. The van der Waals surface area contributed by atoms with Gasteiger partial charge in [-0.3, -0.25) is 0 Å². The van der Waals surface area contributed by atoms with Gasteiger partial charge in [0.15, 0.2) is 0 Å². The highest BCUT2D eigenvalue weighted by Crippen LogP contribution is 2.30. The summed E-state index contributed by atoms with van der Waals surface area (Å²) in [5.74, 6) is 0.682. The van der Waals surface area contributed by atoms with E-state index in [2.05, 4.69) is 10.3 Å². The Bertz CT molecular complexity index is 1560. The number of rotatable bonds is 9. The van der Waals surface area contributed by atoms with Crippen LogP contribution in [-0.2, 0) is 25.7 Å². The van der Waals surface area contributed by atoms with Gasteiger partial charge in [0.05, 0.1) is 5.56 Å². The lowest BCUT2D eigenvalue weighted by Crippen LogP contribution is -2.36. The van der Waals surface area contributed by atoms with Crippen molar-refractivity contribution >= 4 is 22.6 Å². The number of benzene rings is 4. The Morgan fingerprint density at radius 2 is 1.57 bits per heavy atom. The molecule has 0 unspecified atom stereocenters. The zero-order chi connectivity index (χ0) is 28.0. The fraction of sp³-hybridized carbons (Fsp3) is 0.156. The van der Waals surface area contributed by atoms with E-state index in [0.717, 1.165) is 39.7 Å². The number of anilines is 1. The molecule has 4 aromatic carbocycles. The van der Waals surface area contributed by atoms with Crippen LogP contribution in [0.3, 0.4) is 0 Å². The molecule has 8 heteroatoms. The smallest absolute Gasteiger partial charge is 0.416 e. The Labute approximate surface area is 230 Å². The van der Waals surface area contributed by atoms with Crippen LogP contribution in [0.1, 0.15) is 22.3 Å². The largest absolute Gasteiger partial charge is 0.489 e. The lowest BCUT2D eigenvalue weighted by molar-refractivity contribution is -0.137. The van der Waals surface area contributed by atoms with Crippen molar-refractivity contribution in [1.29, 1.82) is 0 Å². The number of fused-ring (bicyclic) bond motifs is 1. The summed E-state index contributed by atoms with van der Waals surface area (Å²) >= 11 is 0. The van der Waals surface area contributed by atoms with Crippen LogP contribution in [0, 0.1) is 0 Å². The number of urea groups is 1. The molecule has 0 bridgehead atoms. The van der Waals surface area contributed by atoms with E-state index in [-0.39, 0.29) is 12.2 Å². The Balaban J connectivity index is 1.32. The second kappa shape index (κ2) is 12.0. The number of aromatic nitrogens is 1. The highest BCUT2D eigenvalue weighted by Gasteiger charge is 2.30. The molecule has 1 heterocycles. The molecule has 0 spiro atoms. The quantitative estimate of drug-likeness (QED) is 0.198. The first-order chi connectivity index (χ1) is 19.3. The first-order valence-corrected chi connectivity index (χ1v) is 12.9. The van der Waals surface area contributed by atoms with Gasteiger partial charge in [-0.1, -0.05) is 60.7 Å². The van der Waals surface area contributed by atoms with Crippen molar-refractivity contribution in [2.24, 2.45) is 0 Å². The fourth-order valence-electron chi connectivity index (χ4n) is 4.49. The van der Waals surface area contributed by atoms with Gasteiger partial charge in [0.1, 0.15) is 12.4 Å². The minimum atomic E-state index is -4.44. The molecule has 2 amide bonds. The van der Waals surface area contributed by atoms with Crippen molar-refractivity contribution in [1.82, 2.24) is 9.88 Å². The van der Waals surface area contributed by atoms with Gasteiger partial charge < -0.3 is 19.9 Å². The van der Waals surface area contributed by atoms with Crippen LogP contribution >= 0.6 is 0 Å². The van der Waals surface area contributed by atoms with Gasteiger partial charge in [-0.05, 0) is 65.6 Å². The average molecular weight is 544 g/mol. The van der Waals surface area contributed by atoms with Gasteiger partial charge in [0, 0.05) is 35.9 Å². The van der Waals surface area contributed by atoms with E-state index in [4.69, 9.17) is 4.74 Å². The summed E-state index contributed by atoms with van der Waals surface area (Å²) in [6.07, 6.45) is -1.91. The molecule has 0 aliphatic carbocycles. The van der Waals surface area contributed by atoms with Crippen molar-refractivity contribution < 1.29 is 22.7 Å². The molecule has 1 aromatic heterocycles. The first kappa shape index (κ1) is 26.9. The summed E-state index contributed by atoms with van der Waals surface area (Å²) in [6, 6.07) is 29.4. The average Bonchev–Trinajstić information content (AvgIpc) is 3.38. The number of hydrogen-bond acceptors (Lipinski definition) is 2. The molecule has 0 aliphatic heterocycles. The lowest BCUT2D eigenvalue weighted by Gasteiger charge is -2.24. The third kappa shape index (κ3) is 6.83. The minimum Gasteiger partial charge on any atom is -0.489 e. The number of carbonyl (C=O) groups is 1. The Hall–Kier alpha value is -4.72. The van der Waals surface area contributed by atoms with E-state index in [1.54, 1.807) is 4.90 Å². The van der Waals surface area contributed by atoms with Gasteiger partial charge in [-0.15, -0.1) is 0 Å². The molecule has 5 rings (SSSR count). The second-order valence-electron chi connectivity index (χ2n) is 9.46. The number of para-hydroxylation sites is 1. The summed E-state index contributed by atoms with van der Waals surface area (Å²) < 4.78 is 44.9. The molecule has 0 fully saturated rings. The topological polar surface area (TPSA) is 57.4 Å². The van der Waals surface area contributed by atoms with E-state index >= 15 is 0 Å². The summed E-state index contributed by atoms with van der Waals surface area (Å²) in [5, 5.41) is 3.84. The maximum absolute atomic E-state index is 13.4. The van der Waals surface area contributed by atoms with Crippen LogP contribution in [0.4, 0.5) is 23.7 Å². The van der Waals surface area contributed by atoms with Crippen LogP contribution in [0.15, 0.2) is 109 Å². The zero-order valence-corrected chi connectivity index (χ0v) is 21.6. The standard InChI is InChI=1S/C32H28F3N3O2/c33-32(34,35)26-13-15-27(16-14-26)37-31(39)38(18-17-25-20-36-30-12-5-4-11-29(25)30)21-24-9-6-10-28(19-24)40-22-23-7-2-1-3-8-23/h1-16,19-20,36H,17-18,21-22H2,(H,37,39). The molecule has 5 nitrogen and oxygen atoms in total. The van der Waals surface area contributed by atoms with Crippen molar-refractivity contribution in [2.75, 3.05) is 11.9 Å². The van der Waals surface area contributed by atoms with Crippen LogP contribution in [0.5, 0.6) is 5.75 Å². The number of aromatic amines is 1. The number of carbonyl (C=O) groups excluding carboxylic acids is 1. The number of H-pyrrole nitrogens is 1. The third-order valence-corrected chi connectivity index (χ3v) is 6.60. The number of amides is 2. The normalized spacial score (nSPS) is 11.4. The minimum absolute atomic E-state index is 0.287. The molecular formula is C32H28F3N3O2. The van der Waals surface area contributed by atoms with Crippen LogP contribution in [0.25, 0.3) is 10.9 Å². The number of halogens is 3. The number of alkyl halides is 3. The van der Waals surface area contributed by atoms with Crippen LogP contribution in [0.2, 0.25) is 0 Å². The molecule has 0 aliphatic rings. The van der Waals surface area contributed by atoms with Gasteiger partial charge >= 0.3 is 12.2 Å². The molecule has 0 saturated carbocycles. The summed E-state index contributed by atoms with van der Waals surface area (Å²) in [5.41, 5.74) is 3.52. The summed E-state index contributed by atoms with van der Waals surface area (Å²) in [7, 11) is 0. The number of hydrogen-bond donors (Lipinski definition) is 2. The predicted molar refractivity (Wildman–Crippen MR) is 150 cm³/mol. The van der Waals surface area contributed by atoms with E-state index < -0.39 is 17.8 Å². The molecule has 204 valence electrons. The van der Waals surface area contributed by atoms with E-state index in [9.17, 15) is 18.0 Å². The third-order valence-electron chi connectivity index (χ3n) is 6.60. The highest BCUT2D eigenvalue weighted by atomic mass is 19.4. The number of nitrogens with one attached hydrogen (secondary N) is 2. The van der Waals surface area contributed by atoms with Crippen molar-refractivity contribution in [2.45, 2.75) is 25.7 Å². The molecule has 0 radical (unpaired) electrons. The second-order valence-corrected chi connectivity index (χ2v) is 9.46. The van der Waals surface area contributed by atoms with E-state index in [1.165, 1.54) is 12.1 Å². The lowest BCUT2D eigenvalue weighted by atomic mass is 10.1. The number of nitrogens with zero attached hydrogens (tertiary/aromatic N) is 1. The highest BCUT2D eigenvalue weighted by molar-refractivity contribution is 5.89. The van der Waals surface area contributed by atoms with Crippen molar-refractivity contribution in [3.8, 4) is 5.75 Å². The zero-order valence-electron chi connectivity index (χ0n) is 21.6. The Morgan fingerprint density at radius 1 is 0.850 bits per heavy atom. The summed E-state index contributed by atoms with van der Waals surface area (Å²) in [4.78, 5) is 18.3. The molecule has 5 aromatic rings. The summed E-state index contributed by atoms with van der Waals surface area (Å²) in [6.45, 7) is 1.10. The number of ether oxygens (including phenoxy) is 1. The Morgan fingerprint density at radius 3 is 2.35 bits per heavy atom. The van der Waals surface area contributed by atoms with E-state index in [1.807, 2.05) is 85.1 Å². The molecule has 0 atom stereocenters. The SMILES string of the molecule is O=C(Nc1ccc(C(F)(F)F)cc1)N(CCc1c[nH]c2ccccc12)Cc1cccc(OCc2ccccc2)c1. The van der Waals surface area contributed by atoms with Crippen LogP contribution in [-0.4, -0.2) is 22.5 Å². The molecular weight excluding hydrogens is 515 g/mol. The predicted octanol–water partition coefficient (Wildman–Crippen LogP) is 8.04. The van der Waals surface area contributed by atoms with Crippen molar-refractivity contribution in [3.05, 3.63) is 132 Å². The molecule has 0 saturated heterocycles. The maximum Gasteiger partial charge on any atom is 0.416 e. The Kier molecular flexibility index (Phi) is 8.05. The maximum atomic E-state index is 13.4. The van der Waals surface area contributed by atoms with Gasteiger partial charge in [-0.25, -0.2) is 4.79 Å². The van der Waals surface area contributed by atoms with Gasteiger partial charge in [0.2, 0.25) is 0 Å². The first-order valence-electron chi connectivity index (χ1n) is 12.9. The van der Waals surface area contributed by atoms with Crippen LogP contribution < -0.4 is 10.1 Å². The van der Waals surface area contributed by atoms with Gasteiger partial charge in [-0.2, -0.15) is 13.2 Å². The monoisotopic (exact) mass is 543 g/mol. The van der Waals surface area contributed by atoms with Gasteiger partial charge in [0.25, 0.3) is 0 Å². The van der Waals surface area contributed by atoms with E-state index in [0.29, 0.717) is 25.3 Å².